The summed E-state index contributed by atoms with van der Waals surface area (Å²) in [6.07, 6.45) is 1.67. The fraction of sp³-hybridized carbons (Fsp3) is 0.692. The maximum Gasteiger partial charge on any atom is 0.224 e. The Morgan fingerprint density at radius 3 is 2.80 bits per heavy atom. The summed E-state index contributed by atoms with van der Waals surface area (Å²) in [5, 5.41) is 3.17. The first-order valence-electron chi connectivity index (χ1n) is 6.94. The van der Waals surface area contributed by atoms with Crippen molar-refractivity contribution in [2.45, 2.75) is 32.7 Å². The van der Waals surface area contributed by atoms with Gasteiger partial charge in [-0.15, -0.1) is 0 Å². The van der Waals surface area contributed by atoms with E-state index in [1.54, 1.807) is 0 Å². The van der Waals surface area contributed by atoms with E-state index in [4.69, 9.17) is 0 Å². The summed E-state index contributed by atoms with van der Waals surface area (Å²) < 4.78 is 23.2. The summed E-state index contributed by atoms with van der Waals surface area (Å²) in [6.45, 7) is 4.82. The highest BCUT2D eigenvalue weighted by molar-refractivity contribution is 7.91. The minimum absolute atomic E-state index is 0.00771. The minimum Gasteiger partial charge on any atom is -0.355 e. The molecule has 1 aromatic heterocycles. The van der Waals surface area contributed by atoms with Crippen LogP contribution in [0.15, 0.2) is 6.07 Å². The largest absolute Gasteiger partial charge is 0.355 e. The normalized spacial score (nSPS) is 20.9. The molecule has 0 aromatic carbocycles. The summed E-state index contributed by atoms with van der Waals surface area (Å²) in [7, 11) is -0.984. The molecule has 1 aliphatic heterocycles. The Hall–Kier alpha value is -1.37. The van der Waals surface area contributed by atoms with Crippen LogP contribution in [0.25, 0.3) is 0 Å². The lowest BCUT2D eigenvalue weighted by atomic mass is 10.2. The molecular weight excluding hydrogens is 276 g/mol. The molecule has 6 nitrogen and oxygen atoms in total. The van der Waals surface area contributed by atoms with Crippen LogP contribution in [0.5, 0.6) is 0 Å². The van der Waals surface area contributed by atoms with Gasteiger partial charge in [-0.25, -0.2) is 13.4 Å². The Morgan fingerprint density at radius 1 is 1.45 bits per heavy atom. The Bertz CT molecular complexity index is 574. The van der Waals surface area contributed by atoms with Crippen LogP contribution >= 0.6 is 0 Å². The van der Waals surface area contributed by atoms with Gasteiger partial charge < -0.3 is 10.2 Å². The molecule has 2 heterocycles. The van der Waals surface area contributed by atoms with Crippen LogP contribution in [-0.4, -0.2) is 49.5 Å². The number of hydrogen-bond donors (Lipinski definition) is 1. The predicted octanol–water partition coefficient (Wildman–Crippen LogP) is 1.23. The molecule has 0 saturated carbocycles. The Labute approximate surface area is 120 Å². The fourth-order valence-electron chi connectivity index (χ4n) is 2.32. The first-order valence-corrected chi connectivity index (χ1v) is 8.76. The smallest absolute Gasteiger partial charge is 0.224 e. The van der Waals surface area contributed by atoms with Crippen molar-refractivity contribution in [3.63, 3.8) is 0 Å². The van der Waals surface area contributed by atoms with Gasteiger partial charge >= 0.3 is 0 Å². The Balaban J connectivity index is 2.17. The first kappa shape index (κ1) is 15.0. The van der Waals surface area contributed by atoms with Crippen molar-refractivity contribution < 1.29 is 8.42 Å². The van der Waals surface area contributed by atoms with E-state index >= 15 is 0 Å². The number of rotatable bonds is 5. The van der Waals surface area contributed by atoms with E-state index in [-0.39, 0.29) is 17.5 Å². The van der Waals surface area contributed by atoms with Gasteiger partial charge in [0.15, 0.2) is 9.84 Å². The van der Waals surface area contributed by atoms with Crippen molar-refractivity contribution in [2.75, 3.05) is 35.3 Å². The lowest BCUT2D eigenvalue weighted by Crippen LogP contribution is -2.33. The number of nitrogens with zero attached hydrogens (tertiary/aromatic N) is 3. The number of aromatic nitrogens is 2. The van der Waals surface area contributed by atoms with Gasteiger partial charge in [-0.05, 0) is 19.8 Å². The van der Waals surface area contributed by atoms with Crippen LogP contribution in [0, 0.1) is 6.92 Å². The average Bonchev–Trinajstić information content (AvgIpc) is 2.75. The van der Waals surface area contributed by atoms with Crippen LogP contribution in [0.2, 0.25) is 0 Å². The third-order valence-electron chi connectivity index (χ3n) is 3.49. The molecule has 1 aliphatic rings. The van der Waals surface area contributed by atoms with Crippen molar-refractivity contribution in [3.8, 4) is 0 Å². The first-order chi connectivity index (χ1) is 9.41. The SMILES string of the molecule is CCCNc1nc(C)cc(N(C)C2CCS(=O)(=O)C2)n1. The van der Waals surface area contributed by atoms with Crippen molar-refractivity contribution in [3.05, 3.63) is 11.8 Å². The maximum atomic E-state index is 11.6. The second-order valence-corrected chi connectivity index (χ2v) is 7.51. The second kappa shape index (κ2) is 5.95. The zero-order valence-corrected chi connectivity index (χ0v) is 13.1. The molecule has 1 aromatic rings. The van der Waals surface area contributed by atoms with Crippen LogP contribution in [0.1, 0.15) is 25.5 Å². The van der Waals surface area contributed by atoms with E-state index in [9.17, 15) is 8.42 Å². The van der Waals surface area contributed by atoms with Crippen LogP contribution in [-0.2, 0) is 9.84 Å². The average molecular weight is 298 g/mol. The predicted molar refractivity (Wildman–Crippen MR) is 81.0 cm³/mol. The third-order valence-corrected chi connectivity index (χ3v) is 5.24. The van der Waals surface area contributed by atoms with Gasteiger partial charge in [-0.3, -0.25) is 0 Å². The highest BCUT2D eigenvalue weighted by Gasteiger charge is 2.31. The van der Waals surface area contributed by atoms with Crippen molar-refractivity contribution in [1.29, 1.82) is 0 Å². The zero-order valence-electron chi connectivity index (χ0n) is 12.3. The molecule has 1 atom stereocenters. The number of hydrogen-bond acceptors (Lipinski definition) is 6. The van der Waals surface area contributed by atoms with E-state index in [0.29, 0.717) is 12.4 Å². The van der Waals surface area contributed by atoms with Crippen molar-refractivity contribution in [2.24, 2.45) is 0 Å². The monoisotopic (exact) mass is 298 g/mol. The van der Waals surface area contributed by atoms with Crippen LogP contribution < -0.4 is 10.2 Å². The third kappa shape index (κ3) is 3.59. The number of anilines is 2. The second-order valence-electron chi connectivity index (χ2n) is 5.29. The molecule has 1 unspecified atom stereocenters. The van der Waals surface area contributed by atoms with E-state index in [0.717, 1.165) is 24.5 Å². The van der Waals surface area contributed by atoms with E-state index in [2.05, 4.69) is 22.2 Å². The molecule has 1 N–H and O–H groups in total. The van der Waals surface area contributed by atoms with Gasteiger partial charge in [-0.1, -0.05) is 6.92 Å². The molecule has 2 rings (SSSR count). The standard InChI is InChI=1S/C13H22N4O2S/c1-4-6-14-13-15-10(2)8-12(16-13)17(3)11-5-7-20(18,19)9-11/h8,11H,4-7,9H2,1-3H3,(H,14,15,16). The van der Waals surface area contributed by atoms with E-state index in [1.165, 1.54) is 0 Å². The molecule has 20 heavy (non-hydrogen) atoms. The number of sulfone groups is 1. The molecule has 0 spiro atoms. The molecule has 0 aliphatic carbocycles. The van der Waals surface area contributed by atoms with Crippen molar-refractivity contribution >= 4 is 21.6 Å². The van der Waals surface area contributed by atoms with Gasteiger partial charge in [-0.2, -0.15) is 4.98 Å². The van der Waals surface area contributed by atoms with Gasteiger partial charge in [0.25, 0.3) is 0 Å². The minimum atomic E-state index is -2.88. The Morgan fingerprint density at radius 2 is 2.20 bits per heavy atom. The van der Waals surface area contributed by atoms with Gasteiger partial charge in [0.1, 0.15) is 5.82 Å². The fourth-order valence-corrected chi connectivity index (χ4v) is 4.09. The van der Waals surface area contributed by atoms with E-state index in [1.807, 2.05) is 24.9 Å². The zero-order chi connectivity index (χ0) is 14.8. The molecule has 0 radical (unpaired) electrons. The lowest BCUT2D eigenvalue weighted by molar-refractivity contribution is 0.600. The summed E-state index contributed by atoms with van der Waals surface area (Å²) in [5.74, 6) is 1.87. The molecule has 112 valence electrons. The molecule has 7 heteroatoms. The highest BCUT2D eigenvalue weighted by atomic mass is 32.2. The summed E-state index contributed by atoms with van der Waals surface area (Å²) in [4.78, 5) is 10.8. The molecule has 1 fully saturated rings. The maximum absolute atomic E-state index is 11.6. The number of aryl methyl sites for hydroxylation is 1. The molecule has 0 amide bonds. The quantitative estimate of drug-likeness (QED) is 0.881. The van der Waals surface area contributed by atoms with Crippen LogP contribution in [0.4, 0.5) is 11.8 Å². The molecule has 1 saturated heterocycles. The molecular formula is C13H22N4O2S. The summed E-state index contributed by atoms with van der Waals surface area (Å²) >= 11 is 0. The number of nitrogens with one attached hydrogen (secondary N) is 1. The van der Waals surface area contributed by atoms with Crippen LogP contribution in [0.3, 0.4) is 0 Å². The molecule has 0 bridgehead atoms. The summed E-state index contributed by atoms with van der Waals surface area (Å²) in [5.41, 5.74) is 0.876. The lowest BCUT2D eigenvalue weighted by Gasteiger charge is -2.25. The highest BCUT2D eigenvalue weighted by Crippen LogP contribution is 2.22. The topological polar surface area (TPSA) is 75.2 Å². The summed E-state index contributed by atoms with van der Waals surface area (Å²) in [6, 6.07) is 1.90. The van der Waals surface area contributed by atoms with Gasteiger partial charge in [0.2, 0.25) is 5.95 Å². The Kier molecular flexibility index (Phi) is 4.47. The van der Waals surface area contributed by atoms with Gasteiger partial charge in [0, 0.05) is 31.4 Å². The van der Waals surface area contributed by atoms with Crippen molar-refractivity contribution in [1.82, 2.24) is 9.97 Å². The van der Waals surface area contributed by atoms with Gasteiger partial charge in [0.05, 0.1) is 11.5 Å². The van der Waals surface area contributed by atoms with E-state index < -0.39 is 9.84 Å².